The molecule has 134 valence electrons. The summed E-state index contributed by atoms with van der Waals surface area (Å²) in [6.45, 7) is 0.0321. The van der Waals surface area contributed by atoms with Crippen molar-refractivity contribution in [1.82, 2.24) is 10.6 Å². The molecule has 0 radical (unpaired) electrons. The molecule has 2 aromatic carbocycles. The van der Waals surface area contributed by atoms with Crippen molar-refractivity contribution >= 4 is 6.09 Å². The fourth-order valence-electron chi connectivity index (χ4n) is 2.69. The Morgan fingerprint density at radius 3 is 2.16 bits per heavy atom. The Balaban J connectivity index is 1.98. The molecule has 0 aliphatic carbocycles. The first-order valence-corrected chi connectivity index (χ1v) is 8.20. The maximum Gasteiger partial charge on any atom is 0.404 e. The normalized spacial score (nSPS) is 14.5. The van der Waals surface area contributed by atoms with Crippen molar-refractivity contribution in [1.29, 1.82) is 0 Å². The Kier molecular flexibility index (Phi) is 7.40. The lowest BCUT2D eigenvalue weighted by molar-refractivity contribution is 0.111. The van der Waals surface area contributed by atoms with E-state index in [4.69, 9.17) is 5.11 Å². The average Bonchev–Trinajstić information content (AvgIpc) is 2.63. The van der Waals surface area contributed by atoms with Crippen LogP contribution in [0.2, 0.25) is 0 Å². The molecule has 2 aromatic rings. The van der Waals surface area contributed by atoms with Gasteiger partial charge in [0.2, 0.25) is 0 Å². The van der Waals surface area contributed by atoms with E-state index in [-0.39, 0.29) is 19.2 Å². The van der Waals surface area contributed by atoms with Crippen LogP contribution in [-0.4, -0.2) is 46.7 Å². The first-order chi connectivity index (χ1) is 12.1. The number of carbonyl (C=O) groups is 1. The maximum absolute atomic E-state index is 11.0. The van der Waals surface area contributed by atoms with Crippen LogP contribution in [0.4, 0.5) is 4.79 Å². The number of aliphatic hydroxyl groups excluding tert-OH is 2. The molecule has 0 aliphatic heterocycles. The van der Waals surface area contributed by atoms with Gasteiger partial charge in [-0.2, -0.15) is 0 Å². The van der Waals surface area contributed by atoms with Crippen LogP contribution < -0.4 is 10.6 Å². The van der Waals surface area contributed by atoms with E-state index >= 15 is 0 Å². The molecule has 0 aliphatic rings. The zero-order chi connectivity index (χ0) is 18.1. The van der Waals surface area contributed by atoms with Crippen LogP contribution in [0.25, 0.3) is 0 Å². The zero-order valence-electron chi connectivity index (χ0n) is 13.9. The number of hydrogen-bond acceptors (Lipinski definition) is 4. The second-order valence-electron chi connectivity index (χ2n) is 5.87. The number of benzene rings is 2. The lowest BCUT2D eigenvalue weighted by Crippen LogP contribution is -2.49. The van der Waals surface area contributed by atoms with E-state index in [1.54, 1.807) is 0 Å². The third-order valence-electron chi connectivity index (χ3n) is 4.03. The smallest absolute Gasteiger partial charge is 0.404 e. The summed E-state index contributed by atoms with van der Waals surface area (Å²) in [5, 5.41) is 34.5. The van der Waals surface area contributed by atoms with Gasteiger partial charge in [0.15, 0.2) is 0 Å². The first-order valence-electron chi connectivity index (χ1n) is 8.20. The van der Waals surface area contributed by atoms with Gasteiger partial charge < -0.3 is 26.0 Å². The summed E-state index contributed by atoms with van der Waals surface area (Å²) in [7, 11) is 0. The highest BCUT2D eigenvalue weighted by molar-refractivity contribution is 5.65. The molecule has 0 spiro atoms. The maximum atomic E-state index is 11.0. The van der Waals surface area contributed by atoms with Crippen LogP contribution >= 0.6 is 0 Å². The van der Waals surface area contributed by atoms with Crippen molar-refractivity contribution in [3.8, 4) is 0 Å². The Bertz CT molecular complexity index is 636. The SMILES string of the molecule is O=C(O)N[C@@H](Cc1ccccc1)[C@@H](O)CN[C@H](CO)c1ccccc1. The monoisotopic (exact) mass is 344 g/mol. The Morgan fingerprint density at radius 2 is 1.60 bits per heavy atom. The third-order valence-corrected chi connectivity index (χ3v) is 4.03. The van der Waals surface area contributed by atoms with Gasteiger partial charge in [0, 0.05) is 6.54 Å². The van der Waals surface area contributed by atoms with E-state index in [2.05, 4.69) is 10.6 Å². The number of nitrogens with one attached hydrogen (secondary N) is 2. The minimum absolute atomic E-state index is 0.119. The molecule has 0 fully saturated rings. The van der Waals surface area contributed by atoms with Gasteiger partial charge in [-0.1, -0.05) is 60.7 Å². The summed E-state index contributed by atoms with van der Waals surface area (Å²) >= 11 is 0. The molecule has 0 heterocycles. The summed E-state index contributed by atoms with van der Waals surface area (Å²) in [5.74, 6) is 0. The van der Waals surface area contributed by atoms with Crippen LogP contribution in [-0.2, 0) is 6.42 Å². The molecule has 0 saturated carbocycles. The molecule has 0 unspecified atom stereocenters. The highest BCUT2D eigenvalue weighted by Crippen LogP contribution is 2.12. The quantitative estimate of drug-likeness (QED) is 0.475. The van der Waals surface area contributed by atoms with Crippen LogP contribution in [0.1, 0.15) is 17.2 Å². The highest BCUT2D eigenvalue weighted by atomic mass is 16.4. The van der Waals surface area contributed by atoms with Crippen LogP contribution in [0.5, 0.6) is 0 Å². The van der Waals surface area contributed by atoms with E-state index in [0.29, 0.717) is 6.42 Å². The van der Waals surface area contributed by atoms with Gasteiger partial charge >= 0.3 is 6.09 Å². The van der Waals surface area contributed by atoms with E-state index < -0.39 is 18.2 Å². The number of carboxylic acid groups (broad SMARTS) is 1. The number of rotatable bonds is 9. The molecule has 25 heavy (non-hydrogen) atoms. The first kappa shape index (κ1) is 18.9. The zero-order valence-corrected chi connectivity index (χ0v) is 13.9. The molecule has 2 rings (SSSR count). The fourth-order valence-corrected chi connectivity index (χ4v) is 2.69. The molecule has 5 N–H and O–H groups in total. The average molecular weight is 344 g/mol. The summed E-state index contributed by atoms with van der Waals surface area (Å²) in [6, 6.07) is 17.8. The summed E-state index contributed by atoms with van der Waals surface area (Å²) in [4.78, 5) is 11.0. The second kappa shape index (κ2) is 9.78. The van der Waals surface area contributed by atoms with Crippen molar-refractivity contribution in [3.63, 3.8) is 0 Å². The number of amides is 1. The van der Waals surface area contributed by atoms with Crippen molar-refractivity contribution in [2.24, 2.45) is 0 Å². The Morgan fingerprint density at radius 1 is 1.00 bits per heavy atom. The predicted octanol–water partition coefficient (Wildman–Crippen LogP) is 1.55. The third kappa shape index (κ3) is 6.19. The summed E-state index contributed by atoms with van der Waals surface area (Å²) < 4.78 is 0. The van der Waals surface area contributed by atoms with E-state index in [1.807, 2.05) is 60.7 Å². The van der Waals surface area contributed by atoms with Crippen LogP contribution in [0.15, 0.2) is 60.7 Å². The van der Waals surface area contributed by atoms with Crippen molar-refractivity contribution in [2.45, 2.75) is 24.6 Å². The van der Waals surface area contributed by atoms with Gasteiger partial charge in [0.05, 0.1) is 24.8 Å². The topological polar surface area (TPSA) is 102 Å². The molecule has 6 nitrogen and oxygen atoms in total. The van der Waals surface area contributed by atoms with Crippen molar-refractivity contribution in [2.75, 3.05) is 13.2 Å². The number of aliphatic hydroxyl groups is 2. The second-order valence-corrected chi connectivity index (χ2v) is 5.87. The fraction of sp³-hybridized carbons (Fsp3) is 0.316. The predicted molar refractivity (Wildman–Crippen MR) is 95.4 cm³/mol. The molecule has 0 aromatic heterocycles. The van der Waals surface area contributed by atoms with E-state index in [0.717, 1.165) is 11.1 Å². The standard InChI is InChI=1S/C19H24N2O4/c22-13-17(15-9-5-2-6-10-15)20-12-18(23)16(21-19(24)25)11-14-7-3-1-4-8-14/h1-10,16-18,20-23H,11-13H2,(H,24,25)/t16-,17+,18-/m0/s1. The van der Waals surface area contributed by atoms with Crippen LogP contribution in [0, 0.1) is 0 Å². The van der Waals surface area contributed by atoms with Crippen molar-refractivity contribution in [3.05, 3.63) is 71.8 Å². The van der Waals surface area contributed by atoms with Gasteiger partial charge in [0.25, 0.3) is 0 Å². The van der Waals surface area contributed by atoms with Gasteiger partial charge in [-0.25, -0.2) is 4.79 Å². The van der Waals surface area contributed by atoms with Gasteiger partial charge in [-0.05, 0) is 17.5 Å². The van der Waals surface area contributed by atoms with E-state index in [1.165, 1.54) is 0 Å². The van der Waals surface area contributed by atoms with Gasteiger partial charge in [-0.3, -0.25) is 0 Å². The minimum Gasteiger partial charge on any atom is -0.465 e. The Labute approximate surface area is 147 Å². The van der Waals surface area contributed by atoms with Crippen LogP contribution in [0.3, 0.4) is 0 Å². The summed E-state index contributed by atoms with van der Waals surface area (Å²) in [6.07, 6.45) is -1.73. The summed E-state index contributed by atoms with van der Waals surface area (Å²) in [5.41, 5.74) is 1.84. The minimum atomic E-state index is -1.18. The molecule has 0 bridgehead atoms. The largest absolute Gasteiger partial charge is 0.465 e. The van der Waals surface area contributed by atoms with E-state index in [9.17, 15) is 15.0 Å². The molecule has 3 atom stereocenters. The molecular weight excluding hydrogens is 320 g/mol. The highest BCUT2D eigenvalue weighted by Gasteiger charge is 2.22. The molecule has 6 heteroatoms. The van der Waals surface area contributed by atoms with Gasteiger partial charge in [-0.15, -0.1) is 0 Å². The van der Waals surface area contributed by atoms with Crippen molar-refractivity contribution < 1.29 is 20.1 Å². The molecule has 1 amide bonds. The Hall–Kier alpha value is -2.41. The number of hydrogen-bond donors (Lipinski definition) is 5. The molecular formula is C19H24N2O4. The molecule has 0 saturated heterocycles. The lowest BCUT2D eigenvalue weighted by atomic mass is 10.0. The lowest BCUT2D eigenvalue weighted by Gasteiger charge is -2.25. The van der Waals surface area contributed by atoms with Gasteiger partial charge in [0.1, 0.15) is 0 Å².